The summed E-state index contributed by atoms with van der Waals surface area (Å²) >= 11 is 0. The Labute approximate surface area is 175 Å². The minimum atomic E-state index is -0.239. The minimum Gasteiger partial charge on any atom is -0.347 e. The standard InChI is InChI=1S/C25H26FN3O/c26-20-5-3-16(4-6-20)15-29-7-1-2-21-22(14-27-23(21)29)24(30)28-25-11-17-8-18(12-25)10-19(9-17)13-25/h1-7,14,17-19H,8-13,15H2,(H,28,30). The van der Waals surface area contributed by atoms with Gasteiger partial charge in [0.2, 0.25) is 0 Å². The number of hydrogen-bond donors (Lipinski definition) is 1. The molecule has 0 unspecified atom stereocenters. The Kier molecular flexibility index (Phi) is 4.02. The maximum absolute atomic E-state index is 13.3. The predicted molar refractivity (Wildman–Crippen MR) is 113 cm³/mol. The maximum Gasteiger partial charge on any atom is 0.254 e. The molecule has 154 valence electrons. The summed E-state index contributed by atoms with van der Waals surface area (Å²) in [7, 11) is 0. The van der Waals surface area contributed by atoms with Gasteiger partial charge < -0.3 is 9.88 Å². The number of halogens is 1. The van der Waals surface area contributed by atoms with Gasteiger partial charge in [0.25, 0.3) is 5.91 Å². The molecule has 0 radical (unpaired) electrons. The summed E-state index contributed by atoms with van der Waals surface area (Å²) in [6.07, 6.45) is 11.2. The molecule has 5 heteroatoms. The average molecular weight is 404 g/mol. The van der Waals surface area contributed by atoms with Gasteiger partial charge in [-0.05, 0) is 86.1 Å². The third kappa shape index (κ3) is 3.03. The Hall–Kier alpha value is -2.69. The number of nitrogens with one attached hydrogen (secondary N) is 1. The van der Waals surface area contributed by atoms with E-state index in [1.807, 2.05) is 22.9 Å². The lowest BCUT2D eigenvalue weighted by Crippen LogP contribution is -2.59. The van der Waals surface area contributed by atoms with Crippen molar-refractivity contribution in [1.82, 2.24) is 14.9 Å². The highest BCUT2D eigenvalue weighted by Gasteiger charge is 2.51. The largest absolute Gasteiger partial charge is 0.347 e. The van der Waals surface area contributed by atoms with Crippen LogP contribution >= 0.6 is 0 Å². The van der Waals surface area contributed by atoms with E-state index in [0.29, 0.717) is 12.1 Å². The molecule has 7 rings (SSSR count). The molecule has 0 atom stereocenters. The van der Waals surface area contributed by atoms with Gasteiger partial charge >= 0.3 is 0 Å². The van der Waals surface area contributed by atoms with Crippen LogP contribution in [-0.2, 0) is 6.54 Å². The van der Waals surface area contributed by atoms with Crippen LogP contribution in [0, 0.1) is 23.6 Å². The monoisotopic (exact) mass is 403 g/mol. The first-order chi connectivity index (χ1) is 14.6. The second-order valence-electron chi connectivity index (χ2n) is 9.82. The fourth-order valence-electron chi connectivity index (χ4n) is 6.76. The normalized spacial score (nSPS) is 29.4. The quantitative estimate of drug-likeness (QED) is 0.675. The molecule has 4 aliphatic carbocycles. The van der Waals surface area contributed by atoms with Gasteiger partial charge in [-0.25, -0.2) is 9.37 Å². The molecule has 1 aromatic rings. The second-order valence-corrected chi connectivity index (χ2v) is 9.82. The van der Waals surface area contributed by atoms with Gasteiger partial charge in [-0.15, -0.1) is 0 Å². The van der Waals surface area contributed by atoms with Crippen LogP contribution in [0.15, 0.2) is 48.8 Å². The first kappa shape index (κ1) is 18.1. The molecule has 30 heavy (non-hydrogen) atoms. The van der Waals surface area contributed by atoms with Crippen molar-refractivity contribution in [2.45, 2.75) is 50.6 Å². The van der Waals surface area contributed by atoms with E-state index in [0.717, 1.165) is 54.0 Å². The van der Waals surface area contributed by atoms with Crippen LogP contribution in [0.3, 0.4) is 0 Å². The highest BCUT2D eigenvalue weighted by molar-refractivity contribution is 6.01. The molecule has 2 heterocycles. The Morgan fingerprint density at radius 2 is 1.73 bits per heavy atom. The summed E-state index contributed by atoms with van der Waals surface area (Å²) in [5.74, 6) is 2.95. The van der Waals surface area contributed by atoms with Crippen molar-refractivity contribution in [1.29, 1.82) is 0 Å². The molecular formula is C25H26FN3O. The summed E-state index contributed by atoms with van der Waals surface area (Å²) in [4.78, 5) is 17.9. The van der Waals surface area contributed by atoms with Crippen molar-refractivity contribution in [3.8, 4) is 11.4 Å². The molecule has 4 saturated carbocycles. The van der Waals surface area contributed by atoms with Gasteiger partial charge in [-0.1, -0.05) is 12.1 Å². The fraction of sp³-hybridized carbons (Fsp3) is 0.440. The number of amides is 1. The van der Waals surface area contributed by atoms with Crippen molar-refractivity contribution >= 4 is 5.91 Å². The Morgan fingerprint density at radius 1 is 1.07 bits per heavy atom. The van der Waals surface area contributed by atoms with Crippen LogP contribution < -0.4 is 5.32 Å². The lowest BCUT2D eigenvalue weighted by atomic mass is 9.53. The molecule has 0 spiro atoms. The van der Waals surface area contributed by atoms with Crippen LogP contribution in [0.2, 0.25) is 0 Å². The SMILES string of the molecule is O=C(NC12CC3CC(CC(C3)C1)C2)c1cnc2n(Cc3ccc(F)cc3)cccc1-2. The molecule has 4 fully saturated rings. The zero-order chi connectivity index (χ0) is 20.3. The summed E-state index contributed by atoms with van der Waals surface area (Å²) in [6, 6.07) is 10.4. The smallest absolute Gasteiger partial charge is 0.254 e. The third-order valence-electron chi connectivity index (χ3n) is 7.58. The van der Waals surface area contributed by atoms with E-state index in [-0.39, 0.29) is 17.3 Å². The Balaban J connectivity index is 1.24. The van der Waals surface area contributed by atoms with E-state index in [2.05, 4.69) is 10.3 Å². The van der Waals surface area contributed by atoms with Gasteiger partial charge in [0.1, 0.15) is 11.6 Å². The second kappa shape index (κ2) is 6.66. The van der Waals surface area contributed by atoms with Crippen LogP contribution in [0.1, 0.15) is 54.4 Å². The van der Waals surface area contributed by atoms with E-state index in [4.69, 9.17) is 0 Å². The van der Waals surface area contributed by atoms with E-state index < -0.39 is 0 Å². The Morgan fingerprint density at radius 3 is 2.40 bits per heavy atom. The Bertz CT molecular complexity index is 1030. The topological polar surface area (TPSA) is 46.9 Å². The number of nitrogens with zero attached hydrogens (tertiary/aromatic N) is 2. The fourth-order valence-corrected chi connectivity index (χ4v) is 6.76. The van der Waals surface area contributed by atoms with Crippen molar-refractivity contribution in [2.24, 2.45) is 17.8 Å². The van der Waals surface area contributed by atoms with Gasteiger partial charge in [0.15, 0.2) is 0 Å². The lowest BCUT2D eigenvalue weighted by molar-refractivity contribution is -0.0166. The van der Waals surface area contributed by atoms with Gasteiger partial charge in [-0.3, -0.25) is 4.79 Å². The van der Waals surface area contributed by atoms with Crippen molar-refractivity contribution in [3.05, 3.63) is 65.7 Å². The van der Waals surface area contributed by atoms with Crippen LogP contribution in [0.5, 0.6) is 0 Å². The van der Waals surface area contributed by atoms with Crippen LogP contribution in [-0.4, -0.2) is 21.0 Å². The number of hydrogen-bond acceptors (Lipinski definition) is 2. The number of rotatable bonds is 4. The summed E-state index contributed by atoms with van der Waals surface area (Å²) in [6.45, 7) is 0.588. The van der Waals surface area contributed by atoms with Crippen LogP contribution in [0.25, 0.3) is 11.4 Å². The molecule has 4 nitrogen and oxygen atoms in total. The van der Waals surface area contributed by atoms with Crippen molar-refractivity contribution in [3.63, 3.8) is 0 Å². The first-order valence-corrected chi connectivity index (χ1v) is 11.1. The molecule has 1 N–H and O–H groups in total. The molecule has 1 amide bonds. The first-order valence-electron chi connectivity index (χ1n) is 11.1. The number of carbonyl (C=O) groups excluding carboxylic acids is 1. The number of aromatic nitrogens is 2. The summed E-state index contributed by atoms with van der Waals surface area (Å²) in [5, 5.41) is 3.46. The maximum atomic E-state index is 13.3. The lowest BCUT2D eigenvalue weighted by Gasteiger charge is -2.56. The predicted octanol–water partition coefficient (Wildman–Crippen LogP) is 4.87. The molecule has 0 saturated heterocycles. The van der Waals surface area contributed by atoms with Crippen molar-refractivity contribution in [2.75, 3.05) is 0 Å². The zero-order valence-corrected chi connectivity index (χ0v) is 17.0. The number of fused-ring (bicyclic) bond motifs is 1. The van der Waals surface area contributed by atoms with E-state index in [1.165, 1.54) is 31.4 Å². The number of benzene rings is 1. The molecule has 0 aromatic heterocycles. The van der Waals surface area contributed by atoms with Gasteiger partial charge in [-0.2, -0.15) is 0 Å². The van der Waals surface area contributed by atoms with Crippen LogP contribution in [0.4, 0.5) is 4.39 Å². The highest BCUT2D eigenvalue weighted by atomic mass is 19.1. The van der Waals surface area contributed by atoms with E-state index in [9.17, 15) is 9.18 Å². The molecule has 1 aromatic carbocycles. The summed E-state index contributed by atoms with van der Waals surface area (Å²) < 4.78 is 15.2. The molecule has 4 bridgehead atoms. The third-order valence-corrected chi connectivity index (χ3v) is 7.58. The molecule has 6 aliphatic rings. The average Bonchev–Trinajstić information content (AvgIpc) is 3.14. The highest BCUT2D eigenvalue weighted by Crippen LogP contribution is 2.55. The van der Waals surface area contributed by atoms with E-state index >= 15 is 0 Å². The van der Waals surface area contributed by atoms with Gasteiger partial charge in [0.05, 0.1) is 5.56 Å². The minimum absolute atomic E-state index is 0.00566. The van der Waals surface area contributed by atoms with E-state index in [1.54, 1.807) is 18.3 Å². The number of pyridine rings is 1. The number of carbonyl (C=O) groups is 1. The summed E-state index contributed by atoms with van der Waals surface area (Å²) in [5.41, 5.74) is 2.53. The van der Waals surface area contributed by atoms with Gasteiger partial charge in [0, 0.05) is 30.0 Å². The zero-order valence-electron chi connectivity index (χ0n) is 17.0. The molecular weight excluding hydrogens is 377 g/mol. The molecule has 2 aliphatic heterocycles. The van der Waals surface area contributed by atoms with Crippen molar-refractivity contribution < 1.29 is 9.18 Å².